The van der Waals surface area contributed by atoms with Gasteiger partial charge in [0.05, 0.1) is 33.6 Å². The number of amidine groups is 1. The fourth-order valence-electron chi connectivity index (χ4n) is 1.84. The zero-order chi connectivity index (χ0) is 19.5. The lowest BCUT2D eigenvalue weighted by atomic mass is 10.2. The Labute approximate surface area is 151 Å². The first-order valence-corrected chi connectivity index (χ1v) is 7.80. The summed E-state index contributed by atoms with van der Waals surface area (Å²) in [7, 11) is 3.05. The van der Waals surface area contributed by atoms with E-state index in [1.165, 1.54) is 13.3 Å². The fourth-order valence-corrected chi connectivity index (χ4v) is 1.84. The largest absolute Gasteiger partial charge is 0.497 e. The summed E-state index contributed by atoms with van der Waals surface area (Å²) in [4.78, 5) is 11.9. The van der Waals surface area contributed by atoms with Crippen LogP contribution in [-0.4, -0.2) is 50.6 Å². The van der Waals surface area contributed by atoms with Gasteiger partial charge in [0, 0.05) is 11.6 Å². The number of nitrogens with zero attached hydrogens (tertiary/aromatic N) is 2. The molecule has 1 aromatic rings. The van der Waals surface area contributed by atoms with Crippen molar-refractivity contribution in [2.45, 2.75) is 13.8 Å². The molecule has 0 aromatic heterocycles. The van der Waals surface area contributed by atoms with Crippen molar-refractivity contribution in [1.29, 1.82) is 0 Å². The van der Waals surface area contributed by atoms with E-state index in [-0.39, 0.29) is 19.0 Å². The number of nitrogens with two attached hydrogens (primary N) is 1. The highest BCUT2D eigenvalue weighted by Crippen LogP contribution is 2.23. The highest BCUT2D eigenvalue weighted by Gasteiger charge is 2.22. The van der Waals surface area contributed by atoms with E-state index < -0.39 is 17.5 Å². The normalized spacial score (nSPS) is 12.5. The monoisotopic (exact) mass is 365 g/mol. The maximum atomic E-state index is 11.9. The molecule has 1 rings (SSSR count). The minimum absolute atomic E-state index is 0.0985. The Bertz CT molecular complexity index is 712. The molecule has 0 fully saturated rings. The van der Waals surface area contributed by atoms with Crippen LogP contribution in [0.1, 0.15) is 19.4 Å². The van der Waals surface area contributed by atoms with Crippen molar-refractivity contribution in [3.63, 3.8) is 0 Å². The molecule has 0 amide bonds. The fraction of sp³-hybridized carbons (Fsp3) is 0.353. The van der Waals surface area contributed by atoms with E-state index in [1.807, 2.05) is 0 Å². The Morgan fingerprint density at radius 2 is 1.88 bits per heavy atom. The predicted molar refractivity (Wildman–Crippen MR) is 96.7 cm³/mol. The van der Waals surface area contributed by atoms with Gasteiger partial charge in [-0.05, 0) is 26.0 Å². The Morgan fingerprint density at radius 1 is 1.19 bits per heavy atom. The van der Waals surface area contributed by atoms with Crippen LogP contribution in [0.4, 0.5) is 0 Å². The molecule has 0 spiro atoms. The van der Waals surface area contributed by atoms with Crippen LogP contribution in [0.25, 0.3) is 0 Å². The summed E-state index contributed by atoms with van der Waals surface area (Å²) in [5.41, 5.74) is 5.96. The molecule has 0 bridgehead atoms. The molecule has 26 heavy (non-hydrogen) atoms. The van der Waals surface area contributed by atoms with Crippen LogP contribution in [0.5, 0.6) is 11.5 Å². The number of esters is 1. The van der Waals surface area contributed by atoms with Gasteiger partial charge in [0.25, 0.3) is 5.95 Å². The van der Waals surface area contributed by atoms with Crippen LogP contribution >= 0.6 is 0 Å². The molecular formula is C17H23N3O6. The summed E-state index contributed by atoms with van der Waals surface area (Å²) in [5, 5.41) is 17.4. The third-order valence-corrected chi connectivity index (χ3v) is 3.03. The molecule has 3 N–H and O–H groups in total. The maximum absolute atomic E-state index is 11.9. The molecule has 142 valence electrons. The van der Waals surface area contributed by atoms with Crippen molar-refractivity contribution in [1.82, 2.24) is 0 Å². The zero-order valence-electron chi connectivity index (χ0n) is 15.2. The molecule has 0 aliphatic rings. The molecule has 0 unspecified atom stereocenters. The van der Waals surface area contributed by atoms with Crippen molar-refractivity contribution in [3.8, 4) is 11.5 Å². The molecule has 9 nitrogen and oxygen atoms in total. The SMILES string of the molecule is CCOC(=O)C(/C(N)=N/N=Cc1ccc(OC)cc1OC)=C(/O)OCC. The van der Waals surface area contributed by atoms with Gasteiger partial charge in [-0.1, -0.05) is 0 Å². The van der Waals surface area contributed by atoms with Crippen LogP contribution in [0, 0.1) is 0 Å². The molecule has 0 atom stereocenters. The molecule has 0 aliphatic carbocycles. The number of hydrogen-bond donors (Lipinski definition) is 2. The summed E-state index contributed by atoms with van der Waals surface area (Å²) in [6, 6.07) is 5.12. The molecular weight excluding hydrogens is 342 g/mol. The predicted octanol–water partition coefficient (Wildman–Crippen LogP) is 1.76. The van der Waals surface area contributed by atoms with Gasteiger partial charge in [-0.25, -0.2) is 4.79 Å². The minimum atomic E-state index is -0.864. The standard InChI is InChI=1S/C17H23N3O6/c1-5-25-16(21)14(17(22)26-6-2)15(18)20-19-10-11-7-8-12(23-3)9-13(11)24-4/h7-10,21H,5-6H2,1-4H3,(H2,18,20)/b16-14-,19-10?. The summed E-state index contributed by atoms with van der Waals surface area (Å²) < 4.78 is 20.1. The van der Waals surface area contributed by atoms with Gasteiger partial charge in [-0.15, -0.1) is 5.10 Å². The number of ether oxygens (including phenoxy) is 4. The van der Waals surface area contributed by atoms with E-state index in [1.54, 1.807) is 39.2 Å². The van der Waals surface area contributed by atoms with Gasteiger partial charge in [0.2, 0.25) is 0 Å². The first kappa shape index (κ1) is 20.8. The second-order valence-electron chi connectivity index (χ2n) is 4.67. The van der Waals surface area contributed by atoms with Crippen molar-refractivity contribution < 1.29 is 28.8 Å². The van der Waals surface area contributed by atoms with Crippen molar-refractivity contribution in [3.05, 3.63) is 35.3 Å². The average molecular weight is 365 g/mol. The topological polar surface area (TPSA) is 125 Å². The van der Waals surface area contributed by atoms with Gasteiger partial charge in [0.15, 0.2) is 11.4 Å². The second kappa shape index (κ2) is 10.6. The first-order chi connectivity index (χ1) is 12.5. The van der Waals surface area contributed by atoms with Gasteiger partial charge < -0.3 is 29.8 Å². The van der Waals surface area contributed by atoms with Crippen molar-refractivity contribution in [2.24, 2.45) is 15.9 Å². The van der Waals surface area contributed by atoms with Crippen molar-refractivity contribution >= 4 is 18.0 Å². The number of carbonyl (C=O) groups is 1. The van der Waals surface area contributed by atoms with Crippen LogP contribution < -0.4 is 15.2 Å². The zero-order valence-corrected chi connectivity index (χ0v) is 15.2. The van der Waals surface area contributed by atoms with E-state index >= 15 is 0 Å². The van der Waals surface area contributed by atoms with E-state index in [4.69, 9.17) is 24.7 Å². The van der Waals surface area contributed by atoms with Gasteiger partial charge in [-0.2, -0.15) is 5.10 Å². The smallest absolute Gasteiger partial charge is 0.349 e. The lowest BCUT2D eigenvalue weighted by Gasteiger charge is -2.09. The molecule has 1 aromatic carbocycles. The molecule has 0 saturated heterocycles. The van der Waals surface area contributed by atoms with E-state index in [9.17, 15) is 9.90 Å². The second-order valence-corrected chi connectivity index (χ2v) is 4.67. The highest BCUT2D eigenvalue weighted by atomic mass is 16.6. The number of benzene rings is 1. The molecule has 0 aliphatic heterocycles. The van der Waals surface area contributed by atoms with Gasteiger partial charge >= 0.3 is 5.97 Å². The summed E-state index contributed by atoms with van der Waals surface area (Å²) in [6.45, 7) is 3.49. The highest BCUT2D eigenvalue weighted by molar-refractivity contribution is 6.18. The van der Waals surface area contributed by atoms with E-state index in [0.29, 0.717) is 17.1 Å². The van der Waals surface area contributed by atoms with Gasteiger partial charge in [0.1, 0.15) is 11.5 Å². The Kier molecular flexibility index (Phi) is 8.48. The third kappa shape index (κ3) is 5.69. The number of hydrogen-bond acceptors (Lipinski definition) is 8. The minimum Gasteiger partial charge on any atom is -0.497 e. The van der Waals surface area contributed by atoms with E-state index in [2.05, 4.69) is 10.2 Å². The summed E-state index contributed by atoms with van der Waals surface area (Å²) >= 11 is 0. The first-order valence-electron chi connectivity index (χ1n) is 7.80. The number of methoxy groups -OCH3 is 2. The Hall–Kier alpha value is -3.23. The number of carbonyl (C=O) groups excluding carboxylic acids is 1. The van der Waals surface area contributed by atoms with Crippen LogP contribution in [0.15, 0.2) is 39.9 Å². The van der Waals surface area contributed by atoms with E-state index in [0.717, 1.165) is 0 Å². The summed E-state index contributed by atoms with van der Waals surface area (Å²) in [5.74, 6) is -0.754. The average Bonchev–Trinajstić information content (AvgIpc) is 2.62. The maximum Gasteiger partial charge on any atom is 0.349 e. The molecule has 9 heteroatoms. The third-order valence-electron chi connectivity index (χ3n) is 3.03. The molecule has 0 radical (unpaired) electrons. The molecule has 0 saturated carbocycles. The van der Waals surface area contributed by atoms with Crippen LogP contribution in [0.3, 0.4) is 0 Å². The lowest BCUT2D eigenvalue weighted by Crippen LogP contribution is -2.25. The Balaban J connectivity index is 3.12. The van der Waals surface area contributed by atoms with Crippen LogP contribution in [-0.2, 0) is 14.3 Å². The van der Waals surface area contributed by atoms with Crippen molar-refractivity contribution in [2.75, 3.05) is 27.4 Å². The van der Waals surface area contributed by atoms with Gasteiger partial charge in [-0.3, -0.25) is 0 Å². The number of aliphatic hydroxyl groups is 1. The lowest BCUT2D eigenvalue weighted by molar-refractivity contribution is -0.138. The number of aliphatic hydroxyl groups excluding tert-OH is 1. The Morgan fingerprint density at radius 3 is 2.46 bits per heavy atom. The quantitative estimate of drug-likeness (QED) is 0.171. The summed E-state index contributed by atoms with van der Waals surface area (Å²) in [6.07, 6.45) is 1.38. The van der Waals surface area contributed by atoms with Crippen LogP contribution in [0.2, 0.25) is 0 Å². The number of rotatable bonds is 9. The molecule has 0 heterocycles.